The summed E-state index contributed by atoms with van der Waals surface area (Å²) >= 11 is 5.95. The Morgan fingerprint density at radius 3 is 2.89 bits per heavy atom. The summed E-state index contributed by atoms with van der Waals surface area (Å²) in [6.45, 7) is 6.16. The molecular weight excluding hydrogens is 358 g/mol. The van der Waals surface area contributed by atoms with Gasteiger partial charge in [-0.25, -0.2) is 0 Å². The summed E-state index contributed by atoms with van der Waals surface area (Å²) < 4.78 is 6.01. The minimum Gasteiger partial charge on any atom is -0.489 e. The number of piperidine rings is 1. The lowest BCUT2D eigenvalue weighted by molar-refractivity contribution is 0.228. The van der Waals surface area contributed by atoms with Crippen molar-refractivity contribution in [2.24, 2.45) is 11.0 Å². The first-order valence-corrected chi connectivity index (χ1v) is 10.1. The number of ether oxygens (including phenoxy) is 1. The van der Waals surface area contributed by atoms with Crippen molar-refractivity contribution in [3.8, 4) is 5.75 Å². The highest BCUT2D eigenvalue weighted by Crippen LogP contribution is 2.33. The van der Waals surface area contributed by atoms with E-state index in [2.05, 4.69) is 40.5 Å². The van der Waals surface area contributed by atoms with Crippen LogP contribution in [0.5, 0.6) is 5.75 Å². The Morgan fingerprint density at radius 2 is 2.07 bits per heavy atom. The van der Waals surface area contributed by atoms with Crippen molar-refractivity contribution in [2.75, 3.05) is 19.6 Å². The largest absolute Gasteiger partial charge is 0.489 e. The number of hydrogen-bond acceptors (Lipinski definition) is 4. The molecule has 0 radical (unpaired) electrons. The fourth-order valence-electron chi connectivity index (χ4n) is 3.98. The molecule has 0 aromatic heterocycles. The van der Waals surface area contributed by atoms with Crippen molar-refractivity contribution >= 4 is 17.3 Å². The molecule has 142 valence electrons. The highest BCUT2D eigenvalue weighted by Gasteiger charge is 2.36. The Labute approximate surface area is 166 Å². The summed E-state index contributed by atoms with van der Waals surface area (Å²) in [5, 5.41) is 5.37. The first kappa shape index (κ1) is 18.3. The molecule has 1 fully saturated rings. The van der Waals surface area contributed by atoms with E-state index in [1.165, 1.54) is 24.2 Å². The molecule has 0 amide bonds. The molecule has 27 heavy (non-hydrogen) atoms. The number of hydrogen-bond donors (Lipinski definition) is 1. The summed E-state index contributed by atoms with van der Waals surface area (Å²) in [5.41, 5.74) is 7.04. The maximum Gasteiger partial charge on any atom is 0.120 e. The second-order valence-corrected chi connectivity index (χ2v) is 7.79. The monoisotopic (exact) mass is 383 g/mol. The summed E-state index contributed by atoms with van der Waals surface area (Å²) in [6, 6.07) is 16.4. The van der Waals surface area contributed by atoms with Crippen LogP contribution in [0.2, 0.25) is 5.02 Å². The molecule has 2 aromatic carbocycles. The molecule has 0 bridgehead atoms. The smallest absolute Gasteiger partial charge is 0.120 e. The SMILES string of the molecule is CCCN1CCC2=NNC(c3cccc(OCc4ccc(Cl)cc4)c3)C2C1. The number of benzene rings is 2. The lowest BCUT2D eigenvalue weighted by Gasteiger charge is -2.33. The molecule has 1 saturated heterocycles. The minimum absolute atomic E-state index is 0.235. The fraction of sp³-hybridized carbons (Fsp3) is 0.409. The maximum absolute atomic E-state index is 6.01. The van der Waals surface area contributed by atoms with Crippen molar-refractivity contribution in [3.05, 3.63) is 64.7 Å². The lowest BCUT2D eigenvalue weighted by Crippen LogP contribution is -2.42. The van der Waals surface area contributed by atoms with E-state index >= 15 is 0 Å². The number of nitrogens with one attached hydrogen (secondary N) is 1. The van der Waals surface area contributed by atoms with Gasteiger partial charge < -0.3 is 15.1 Å². The van der Waals surface area contributed by atoms with Crippen LogP contribution in [0, 0.1) is 5.92 Å². The van der Waals surface area contributed by atoms with Gasteiger partial charge in [-0.1, -0.05) is 42.8 Å². The van der Waals surface area contributed by atoms with Gasteiger partial charge in [0.05, 0.1) is 6.04 Å². The number of likely N-dealkylation sites (tertiary alicyclic amines) is 1. The van der Waals surface area contributed by atoms with E-state index in [1.54, 1.807) is 0 Å². The molecule has 5 heteroatoms. The molecular formula is C22H26ClN3O. The van der Waals surface area contributed by atoms with E-state index in [0.717, 1.165) is 35.8 Å². The van der Waals surface area contributed by atoms with Crippen molar-refractivity contribution in [3.63, 3.8) is 0 Å². The van der Waals surface area contributed by atoms with Crippen molar-refractivity contribution in [1.29, 1.82) is 0 Å². The van der Waals surface area contributed by atoms with E-state index in [1.807, 2.05) is 30.3 Å². The highest BCUT2D eigenvalue weighted by molar-refractivity contribution is 6.30. The third-order valence-corrected chi connectivity index (χ3v) is 5.64. The zero-order valence-electron chi connectivity index (χ0n) is 15.7. The van der Waals surface area contributed by atoms with Crippen LogP contribution in [0.4, 0.5) is 0 Å². The van der Waals surface area contributed by atoms with Crippen molar-refractivity contribution in [2.45, 2.75) is 32.4 Å². The third-order valence-electron chi connectivity index (χ3n) is 5.39. The van der Waals surface area contributed by atoms with Crippen LogP contribution >= 0.6 is 11.6 Å². The van der Waals surface area contributed by atoms with E-state index in [-0.39, 0.29) is 6.04 Å². The Hall–Kier alpha value is -2.04. The first-order chi connectivity index (χ1) is 13.2. The van der Waals surface area contributed by atoms with Gasteiger partial charge in [0.2, 0.25) is 0 Å². The zero-order valence-corrected chi connectivity index (χ0v) is 16.5. The molecule has 0 spiro atoms. The third kappa shape index (κ3) is 4.28. The quantitative estimate of drug-likeness (QED) is 0.788. The van der Waals surface area contributed by atoms with Crippen molar-refractivity contribution in [1.82, 2.24) is 10.3 Å². The zero-order chi connectivity index (χ0) is 18.6. The summed E-state index contributed by atoms with van der Waals surface area (Å²) in [5.74, 6) is 1.34. The van der Waals surface area contributed by atoms with E-state index < -0.39 is 0 Å². The van der Waals surface area contributed by atoms with Crippen molar-refractivity contribution < 1.29 is 4.74 Å². The molecule has 0 aliphatic carbocycles. The molecule has 1 N–H and O–H groups in total. The molecule has 2 unspecified atom stereocenters. The molecule has 2 aliphatic rings. The van der Waals surface area contributed by atoms with E-state index in [4.69, 9.17) is 16.3 Å². The number of hydrazone groups is 1. The number of fused-ring (bicyclic) bond motifs is 1. The van der Waals surface area contributed by atoms with Gasteiger partial charge in [-0.3, -0.25) is 0 Å². The van der Waals surface area contributed by atoms with Crippen LogP contribution in [-0.4, -0.2) is 30.2 Å². The molecule has 2 heterocycles. The van der Waals surface area contributed by atoms with Gasteiger partial charge in [0, 0.05) is 36.2 Å². The van der Waals surface area contributed by atoms with Crippen LogP contribution < -0.4 is 10.2 Å². The predicted octanol–water partition coefficient (Wildman–Crippen LogP) is 4.65. The standard InChI is InChI=1S/C22H26ClN3O/c1-2-11-26-12-10-21-20(14-26)22(25-24-21)17-4-3-5-19(13-17)27-15-16-6-8-18(23)9-7-16/h3-9,13,20,22,25H,2,10-12,14-15H2,1H3. The number of nitrogens with zero attached hydrogens (tertiary/aromatic N) is 2. The summed E-state index contributed by atoms with van der Waals surface area (Å²) in [6.07, 6.45) is 2.27. The Bertz CT molecular complexity index is 805. The molecule has 4 nitrogen and oxygen atoms in total. The van der Waals surface area contributed by atoms with Gasteiger partial charge >= 0.3 is 0 Å². The van der Waals surface area contributed by atoms with Crippen LogP contribution in [0.15, 0.2) is 53.6 Å². The molecule has 2 aromatic rings. The predicted molar refractivity (Wildman–Crippen MR) is 110 cm³/mol. The minimum atomic E-state index is 0.235. The van der Waals surface area contributed by atoms with E-state index in [0.29, 0.717) is 12.5 Å². The van der Waals surface area contributed by atoms with Crippen LogP contribution in [0.1, 0.15) is 36.9 Å². The van der Waals surface area contributed by atoms with E-state index in [9.17, 15) is 0 Å². The Kier molecular flexibility index (Phi) is 5.65. The number of halogens is 1. The topological polar surface area (TPSA) is 36.9 Å². The number of rotatable bonds is 6. The lowest BCUT2D eigenvalue weighted by atomic mass is 9.86. The maximum atomic E-state index is 6.01. The molecule has 4 rings (SSSR count). The van der Waals surface area contributed by atoms with Gasteiger partial charge in [-0.15, -0.1) is 0 Å². The van der Waals surface area contributed by atoms with Gasteiger partial charge in [0.1, 0.15) is 12.4 Å². The Morgan fingerprint density at radius 1 is 1.22 bits per heavy atom. The van der Waals surface area contributed by atoms with Crippen LogP contribution in [-0.2, 0) is 6.61 Å². The summed E-state index contributed by atoms with van der Waals surface area (Å²) in [4.78, 5) is 2.56. The van der Waals surface area contributed by atoms with Crippen LogP contribution in [0.25, 0.3) is 0 Å². The highest BCUT2D eigenvalue weighted by atomic mass is 35.5. The molecule has 2 aliphatic heterocycles. The van der Waals surface area contributed by atoms with Gasteiger partial charge in [0.15, 0.2) is 0 Å². The fourth-order valence-corrected chi connectivity index (χ4v) is 4.11. The second kappa shape index (κ2) is 8.32. The van der Waals surface area contributed by atoms with Gasteiger partial charge in [-0.2, -0.15) is 5.10 Å². The average Bonchev–Trinajstić information content (AvgIpc) is 3.11. The van der Waals surface area contributed by atoms with Gasteiger partial charge in [0.25, 0.3) is 0 Å². The first-order valence-electron chi connectivity index (χ1n) is 9.74. The summed E-state index contributed by atoms with van der Waals surface area (Å²) in [7, 11) is 0. The van der Waals surface area contributed by atoms with Crippen LogP contribution in [0.3, 0.4) is 0 Å². The molecule has 2 atom stereocenters. The Balaban J connectivity index is 1.43. The molecule has 0 saturated carbocycles. The average molecular weight is 384 g/mol. The van der Waals surface area contributed by atoms with Gasteiger partial charge in [-0.05, 0) is 48.4 Å². The second-order valence-electron chi connectivity index (χ2n) is 7.35. The normalized spacial score (nSPS) is 22.1.